The average molecular weight is 247 g/mol. The summed E-state index contributed by atoms with van der Waals surface area (Å²) in [4.78, 5) is 0. The van der Waals surface area contributed by atoms with E-state index in [1.54, 1.807) is 0 Å². The minimum absolute atomic E-state index is 0.0330. The monoisotopic (exact) mass is 247 g/mol. The van der Waals surface area contributed by atoms with Crippen molar-refractivity contribution in [3.63, 3.8) is 0 Å². The maximum absolute atomic E-state index is 6.05. The number of aryl methyl sites for hydroxylation is 1. The lowest BCUT2D eigenvalue weighted by molar-refractivity contribution is 0.0245. The summed E-state index contributed by atoms with van der Waals surface area (Å²) in [5.74, 6) is 0.900. The molecule has 1 fully saturated rings. The maximum atomic E-state index is 6.05. The van der Waals surface area contributed by atoms with Crippen LogP contribution in [0.15, 0.2) is 24.3 Å². The molecule has 1 aliphatic rings. The lowest BCUT2D eigenvalue weighted by atomic mass is 9.83. The largest absolute Gasteiger partial charge is 0.372 e. The normalized spacial score (nSPS) is 19.3. The van der Waals surface area contributed by atoms with E-state index in [1.807, 2.05) is 6.92 Å². The van der Waals surface area contributed by atoms with Gasteiger partial charge in [0.25, 0.3) is 0 Å². The van der Waals surface area contributed by atoms with Crippen molar-refractivity contribution in [3.05, 3.63) is 35.4 Å². The van der Waals surface area contributed by atoms with E-state index in [1.165, 1.54) is 36.8 Å². The van der Waals surface area contributed by atoms with E-state index in [4.69, 9.17) is 10.5 Å². The number of benzene rings is 1. The maximum Gasteiger partial charge on any atom is 0.0972 e. The lowest BCUT2D eigenvalue weighted by Crippen LogP contribution is -2.28. The van der Waals surface area contributed by atoms with E-state index in [2.05, 4.69) is 31.2 Å². The second-order valence-corrected chi connectivity index (χ2v) is 5.65. The van der Waals surface area contributed by atoms with E-state index in [0.717, 1.165) is 12.5 Å². The van der Waals surface area contributed by atoms with Crippen LogP contribution in [0.5, 0.6) is 0 Å². The Labute approximate surface area is 111 Å². The quantitative estimate of drug-likeness (QED) is 0.833. The molecule has 0 aromatic heterocycles. The summed E-state index contributed by atoms with van der Waals surface area (Å²) in [5, 5.41) is 0. The molecule has 18 heavy (non-hydrogen) atoms. The van der Waals surface area contributed by atoms with Crippen molar-refractivity contribution < 1.29 is 4.74 Å². The molecule has 1 aromatic carbocycles. The average Bonchev–Trinajstić information content (AvgIpc) is 2.28. The molecule has 0 aliphatic heterocycles. The molecule has 100 valence electrons. The minimum atomic E-state index is 0.0330. The van der Waals surface area contributed by atoms with E-state index in [-0.39, 0.29) is 12.1 Å². The second kappa shape index (κ2) is 6.35. The fourth-order valence-electron chi connectivity index (χ4n) is 2.45. The molecule has 2 unspecified atom stereocenters. The zero-order chi connectivity index (χ0) is 13.0. The van der Waals surface area contributed by atoms with Gasteiger partial charge in [-0.25, -0.2) is 0 Å². The van der Waals surface area contributed by atoms with Gasteiger partial charge < -0.3 is 10.5 Å². The highest BCUT2D eigenvalue weighted by molar-refractivity contribution is 5.24. The van der Waals surface area contributed by atoms with Crippen LogP contribution in [0.25, 0.3) is 0 Å². The van der Waals surface area contributed by atoms with Crippen molar-refractivity contribution in [1.29, 1.82) is 0 Å². The molecular weight excluding hydrogens is 222 g/mol. The standard InChI is InChI=1S/C16H25NO/c1-12-6-8-15(9-7-12)16(13(2)17)18-11-10-14-4-3-5-14/h6-9,13-14,16H,3-5,10-11,17H2,1-2H3. The van der Waals surface area contributed by atoms with Crippen LogP contribution in [0.2, 0.25) is 0 Å². The third-order valence-corrected chi connectivity index (χ3v) is 3.93. The summed E-state index contributed by atoms with van der Waals surface area (Å²) in [7, 11) is 0. The fraction of sp³-hybridized carbons (Fsp3) is 0.625. The Kier molecular flexibility index (Phi) is 4.79. The SMILES string of the molecule is Cc1ccc(C(OCCC2CCC2)C(C)N)cc1. The first-order valence-corrected chi connectivity index (χ1v) is 7.10. The molecular formula is C16H25NO. The van der Waals surface area contributed by atoms with E-state index < -0.39 is 0 Å². The highest BCUT2D eigenvalue weighted by Gasteiger charge is 2.20. The Balaban J connectivity index is 1.88. The predicted molar refractivity (Wildman–Crippen MR) is 75.5 cm³/mol. The van der Waals surface area contributed by atoms with E-state index in [0.29, 0.717) is 0 Å². The Morgan fingerprint density at radius 3 is 2.44 bits per heavy atom. The van der Waals surface area contributed by atoms with Crippen molar-refractivity contribution in [3.8, 4) is 0 Å². The zero-order valence-electron chi connectivity index (χ0n) is 11.6. The number of hydrogen-bond donors (Lipinski definition) is 1. The molecule has 0 bridgehead atoms. The summed E-state index contributed by atoms with van der Waals surface area (Å²) < 4.78 is 6.01. The van der Waals surface area contributed by atoms with E-state index >= 15 is 0 Å². The molecule has 0 saturated heterocycles. The van der Waals surface area contributed by atoms with Crippen LogP contribution in [-0.2, 0) is 4.74 Å². The van der Waals surface area contributed by atoms with Gasteiger partial charge in [0, 0.05) is 12.6 Å². The van der Waals surface area contributed by atoms with Crippen molar-refractivity contribution in [2.45, 2.75) is 51.7 Å². The van der Waals surface area contributed by atoms with Gasteiger partial charge in [-0.2, -0.15) is 0 Å². The van der Waals surface area contributed by atoms with Crippen LogP contribution in [0.3, 0.4) is 0 Å². The van der Waals surface area contributed by atoms with Crippen LogP contribution in [0, 0.1) is 12.8 Å². The van der Waals surface area contributed by atoms with Gasteiger partial charge in [-0.05, 0) is 31.7 Å². The van der Waals surface area contributed by atoms with Crippen molar-refractivity contribution in [2.75, 3.05) is 6.61 Å². The fourth-order valence-corrected chi connectivity index (χ4v) is 2.45. The van der Waals surface area contributed by atoms with Gasteiger partial charge in [-0.1, -0.05) is 49.1 Å². The molecule has 2 rings (SSSR count). The summed E-state index contributed by atoms with van der Waals surface area (Å²) in [5.41, 5.74) is 8.52. The summed E-state index contributed by atoms with van der Waals surface area (Å²) >= 11 is 0. The summed E-state index contributed by atoms with van der Waals surface area (Å²) in [6.45, 7) is 4.96. The molecule has 2 N–H and O–H groups in total. The highest BCUT2D eigenvalue weighted by Crippen LogP contribution is 2.30. The van der Waals surface area contributed by atoms with Gasteiger partial charge in [0.05, 0.1) is 6.10 Å². The second-order valence-electron chi connectivity index (χ2n) is 5.65. The van der Waals surface area contributed by atoms with Gasteiger partial charge in [0.15, 0.2) is 0 Å². The molecule has 1 aromatic rings. The van der Waals surface area contributed by atoms with Gasteiger partial charge in [-0.3, -0.25) is 0 Å². The summed E-state index contributed by atoms with van der Waals surface area (Å²) in [6, 6.07) is 8.55. The highest BCUT2D eigenvalue weighted by atomic mass is 16.5. The predicted octanol–water partition coefficient (Wildman–Crippen LogP) is 3.59. The van der Waals surface area contributed by atoms with Gasteiger partial charge >= 0.3 is 0 Å². The Morgan fingerprint density at radius 1 is 1.28 bits per heavy atom. The molecule has 0 amide bonds. The smallest absolute Gasteiger partial charge is 0.0972 e. The number of rotatable bonds is 6. The molecule has 1 aliphatic carbocycles. The lowest BCUT2D eigenvalue weighted by Gasteiger charge is -2.27. The van der Waals surface area contributed by atoms with Crippen LogP contribution in [-0.4, -0.2) is 12.6 Å². The van der Waals surface area contributed by atoms with Crippen LogP contribution >= 0.6 is 0 Å². The molecule has 0 spiro atoms. The molecule has 1 saturated carbocycles. The number of nitrogens with two attached hydrogens (primary N) is 1. The van der Waals surface area contributed by atoms with Gasteiger partial charge in [0.1, 0.15) is 0 Å². The molecule has 0 radical (unpaired) electrons. The third kappa shape index (κ3) is 3.56. The van der Waals surface area contributed by atoms with Crippen molar-refractivity contribution >= 4 is 0 Å². The summed E-state index contributed by atoms with van der Waals surface area (Å²) in [6.07, 6.45) is 5.40. The first-order valence-electron chi connectivity index (χ1n) is 7.10. The van der Waals surface area contributed by atoms with Crippen LogP contribution < -0.4 is 5.73 Å². The Morgan fingerprint density at radius 2 is 1.94 bits per heavy atom. The number of hydrogen-bond acceptors (Lipinski definition) is 2. The first kappa shape index (κ1) is 13.6. The van der Waals surface area contributed by atoms with Crippen molar-refractivity contribution in [2.24, 2.45) is 11.7 Å². The number of ether oxygens (including phenoxy) is 1. The van der Waals surface area contributed by atoms with Crippen LogP contribution in [0.4, 0.5) is 0 Å². The molecule has 2 atom stereocenters. The van der Waals surface area contributed by atoms with E-state index in [9.17, 15) is 0 Å². The Bertz CT molecular complexity index is 354. The van der Waals surface area contributed by atoms with Crippen molar-refractivity contribution in [1.82, 2.24) is 0 Å². The topological polar surface area (TPSA) is 35.2 Å². The van der Waals surface area contributed by atoms with Crippen LogP contribution in [0.1, 0.15) is 49.8 Å². The molecule has 2 heteroatoms. The zero-order valence-corrected chi connectivity index (χ0v) is 11.6. The third-order valence-electron chi connectivity index (χ3n) is 3.93. The van der Waals surface area contributed by atoms with Gasteiger partial charge in [-0.15, -0.1) is 0 Å². The minimum Gasteiger partial charge on any atom is -0.372 e. The Hall–Kier alpha value is -0.860. The first-order chi connectivity index (χ1) is 8.66. The molecule has 0 heterocycles. The van der Waals surface area contributed by atoms with Gasteiger partial charge in [0.2, 0.25) is 0 Å². The molecule has 2 nitrogen and oxygen atoms in total.